The Kier molecular flexibility index (Phi) is 5.46. The van der Waals surface area contributed by atoms with E-state index in [4.69, 9.17) is 4.74 Å². The van der Waals surface area contributed by atoms with E-state index in [1.54, 1.807) is 0 Å². The molecule has 0 saturated heterocycles. The average Bonchev–Trinajstić information content (AvgIpc) is 2.18. The standard InChI is InChI=1S/C15H30O2/c1-11(2)12-6-7-14(16)13(10-12)8-9-17-15(3,4)5/h11-14,16H,6-10H2,1-5H3. The van der Waals surface area contributed by atoms with E-state index < -0.39 is 0 Å². The molecule has 0 spiro atoms. The third-order valence-corrected chi connectivity index (χ3v) is 3.95. The predicted octanol–water partition coefficient (Wildman–Crippen LogP) is 3.62. The third-order valence-electron chi connectivity index (χ3n) is 3.95. The molecule has 0 radical (unpaired) electrons. The molecule has 1 N–H and O–H groups in total. The van der Waals surface area contributed by atoms with Crippen molar-refractivity contribution in [1.29, 1.82) is 0 Å². The number of aliphatic hydroxyl groups is 1. The number of aliphatic hydroxyl groups excluding tert-OH is 1. The van der Waals surface area contributed by atoms with Crippen LogP contribution in [0.4, 0.5) is 0 Å². The van der Waals surface area contributed by atoms with Gasteiger partial charge in [0.05, 0.1) is 11.7 Å². The lowest BCUT2D eigenvalue weighted by atomic mass is 9.74. The molecule has 0 amide bonds. The summed E-state index contributed by atoms with van der Waals surface area (Å²) in [4.78, 5) is 0. The molecule has 0 aromatic carbocycles. The molecule has 0 aliphatic heterocycles. The van der Waals surface area contributed by atoms with Crippen molar-refractivity contribution in [3.05, 3.63) is 0 Å². The average molecular weight is 242 g/mol. The molecule has 3 unspecified atom stereocenters. The van der Waals surface area contributed by atoms with Gasteiger partial charge < -0.3 is 9.84 Å². The molecule has 1 rings (SSSR count). The highest BCUT2D eigenvalue weighted by Gasteiger charge is 2.30. The monoisotopic (exact) mass is 242 g/mol. The minimum absolute atomic E-state index is 0.0585. The van der Waals surface area contributed by atoms with Crippen molar-refractivity contribution in [3.63, 3.8) is 0 Å². The van der Waals surface area contributed by atoms with E-state index in [2.05, 4.69) is 34.6 Å². The van der Waals surface area contributed by atoms with Crippen LogP contribution in [0.3, 0.4) is 0 Å². The molecular formula is C15H30O2. The summed E-state index contributed by atoms with van der Waals surface area (Å²) in [5, 5.41) is 10.0. The van der Waals surface area contributed by atoms with Crippen molar-refractivity contribution in [1.82, 2.24) is 0 Å². The maximum Gasteiger partial charge on any atom is 0.0598 e. The summed E-state index contributed by atoms with van der Waals surface area (Å²) in [7, 11) is 0. The molecule has 0 aromatic rings. The zero-order valence-electron chi connectivity index (χ0n) is 12.2. The first-order chi connectivity index (χ1) is 7.79. The molecule has 3 atom stereocenters. The van der Waals surface area contributed by atoms with E-state index in [1.165, 1.54) is 12.8 Å². The van der Waals surface area contributed by atoms with Gasteiger partial charge in [0.1, 0.15) is 0 Å². The Labute approximate surface area is 107 Å². The molecule has 2 nitrogen and oxygen atoms in total. The minimum atomic E-state index is -0.103. The summed E-state index contributed by atoms with van der Waals surface area (Å²) < 4.78 is 5.77. The lowest BCUT2D eigenvalue weighted by Gasteiger charge is -2.35. The van der Waals surface area contributed by atoms with Crippen molar-refractivity contribution in [2.24, 2.45) is 17.8 Å². The third kappa shape index (κ3) is 5.39. The van der Waals surface area contributed by atoms with Crippen LogP contribution >= 0.6 is 0 Å². The second-order valence-electron chi connectivity index (χ2n) is 6.89. The maximum absolute atomic E-state index is 10.0. The lowest BCUT2D eigenvalue weighted by Crippen LogP contribution is -2.32. The molecule has 17 heavy (non-hydrogen) atoms. The smallest absolute Gasteiger partial charge is 0.0598 e. The molecule has 2 heteroatoms. The number of rotatable bonds is 4. The van der Waals surface area contributed by atoms with E-state index >= 15 is 0 Å². The molecule has 1 aliphatic carbocycles. The fourth-order valence-corrected chi connectivity index (χ4v) is 2.72. The van der Waals surface area contributed by atoms with Crippen LogP contribution in [0.2, 0.25) is 0 Å². The molecule has 0 heterocycles. The number of hydrogen-bond acceptors (Lipinski definition) is 2. The van der Waals surface area contributed by atoms with Crippen molar-refractivity contribution in [3.8, 4) is 0 Å². The summed E-state index contributed by atoms with van der Waals surface area (Å²) in [5.74, 6) is 1.98. The van der Waals surface area contributed by atoms with E-state index in [1.807, 2.05) is 0 Å². The molecular weight excluding hydrogens is 212 g/mol. The first-order valence-corrected chi connectivity index (χ1v) is 7.11. The number of ether oxygens (including phenoxy) is 1. The van der Waals surface area contributed by atoms with Gasteiger partial charge in [-0.05, 0) is 64.2 Å². The molecule has 0 aromatic heterocycles. The van der Waals surface area contributed by atoms with E-state index in [0.717, 1.165) is 31.3 Å². The van der Waals surface area contributed by atoms with Gasteiger partial charge in [-0.2, -0.15) is 0 Å². The normalized spacial score (nSPS) is 30.9. The minimum Gasteiger partial charge on any atom is -0.393 e. The predicted molar refractivity (Wildman–Crippen MR) is 72.0 cm³/mol. The zero-order valence-corrected chi connectivity index (χ0v) is 12.2. The van der Waals surface area contributed by atoms with Gasteiger partial charge >= 0.3 is 0 Å². The Bertz CT molecular complexity index is 217. The van der Waals surface area contributed by atoms with Crippen molar-refractivity contribution < 1.29 is 9.84 Å². The van der Waals surface area contributed by atoms with Crippen LogP contribution in [-0.4, -0.2) is 23.4 Å². The Morgan fingerprint density at radius 1 is 1.24 bits per heavy atom. The summed E-state index contributed by atoms with van der Waals surface area (Å²) >= 11 is 0. The van der Waals surface area contributed by atoms with Gasteiger partial charge in [-0.25, -0.2) is 0 Å². The second kappa shape index (κ2) is 6.19. The Morgan fingerprint density at radius 2 is 1.88 bits per heavy atom. The Morgan fingerprint density at radius 3 is 2.41 bits per heavy atom. The Balaban J connectivity index is 2.35. The molecule has 1 fully saturated rings. The van der Waals surface area contributed by atoms with Crippen LogP contribution < -0.4 is 0 Å². The second-order valence-corrected chi connectivity index (χ2v) is 6.89. The van der Waals surface area contributed by atoms with Gasteiger partial charge in [0.15, 0.2) is 0 Å². The summed E-state index contributed by atoms with van der Waals surface area (Å²) in [6.45, 7) is 11.6. The zero-order chi connectivity index (χ0) is 13.1. The highest BCUT2D eigenvalue weighted by Crippen LogP contribution is 2.35. The SMILES string of the molecule is CC(C)C1CCC(O)C(CCOC(C)(C)C)C1. The van der Waals surface area contributed by atoms with Gasteiger partial charge in [0.2, 0.25) is 0 Å². The number of hydrogen-bond donors (Lipinski definition) is 1. The summed E-state index contributed by atoms with van der Waals surface area (Å²) in [5.41, 5.74) is -0.0585. The van der Waals surface area contributed by atoms with E-state index in [-0.39, 0.29) is 11.7 Å². The first kappa shape index (κ1) is 15.0. The van der Waals surface area contributed by atoms with Gasteiger partial charge in [-0.3, -0.25) is 0 Å². The fourth-order valence-electron chi connectivity index (χ4n) is 2.72. The van der Waals surface area contributed by atoms with E-state index in [9.17, 15) is 5.11 Å². The highest BCUT2D eigenvalue weighted by atomic mass is 16.5. The molecule has 0 bridgehead atoms. The van der Waals surface area contributed by atoms with Crippen LogP contribution in [0.5, 0.6) is 0 Å². The fraction of sp³-hybridized carbons (Fsp3) is 1.00. The first-order valence-electron chi connectivity index (χ1n) is 7.11. The quantitative estimate of drug-likeness (QED) is 0.816. The molecule has 1 saturated carbocycles. The molecule has 102 valence electrons. The van der Waals surface area contributed by atoms with Gasteiger partial charge in [-0.15, -0.1) is 0 Å². The van der Waals surface area contributed by atoms with Crippen LogP contribution in [0.1, 0.15) is 60.3 Å². The van der Waals surface area contributed by atoms with Crippen molar-refractivity contribution in [2.45, 2.75) is 72.0 Å². The van der Waals surface area contributed by atoms with Crippen LogP contribution in [0.25, 0.3) is 0 Å². The highest BCUT2D eigenvalue weighted by molar-refractivity contribution is 4.81. The topological polar surface area (TPSA) is 29.5 Å². The van der Waals surface area contributed by atoms with Gasteiger partial charge in [0.25, 0.3) is 0 Å². The Hall–Kier alpha value is -0.0800. The van der Waals surface area contributed by atoms with Crippen LogP contribution in [0.15, 0.2) is 0 Å². The van der Waals surface area contributed by atoms with E-state index in [0.29, 0.717) is 5.92 Å². The van der Waals surface area contributed by atoms with Gasteiger partial charge in [0, 0.05) is 6.61 Å². The van der Waals surface area contributed by atoms with Crippen molar-refractivity contribution >= 4 is 0 Å². The van der Waals surface area contributed by atoms with Crippen LogP contribution in [-0.2, 0) is 4.74 Å². The van der Waals surface area contributed by atoms with Crippen molar-refractivity contribution in [2.75, 3.05) is 6.61 Å². The molecule has 1 aliphatic rings. The van der Waals surface area contributed by atoms with Gasteiger partial charge in [-0.1, -0.05) is 13.8 Å². The largest absolute Gasteiger partial charge is 0.393 e. The maximum atomic E-state index is 10.0. The lowest BCUT2D eigenvalue weighted by molar-refractivity contribution is -0.0316. The summed E-state index contributed by atoms with van der Waals surface area (Å²) in [6, 6.07) is 0. The van der Waals surface area contributed by atoms with Crippen LogP contribution in [0, 0.1) is 17.8 Å². The summed E-state index contributed by atoms with van der Waals surface area (Å²) in [6.07, 6.45) is 4.24.